The number of aliphatic hydroxyl groups is 2. The summed E-state index contributed by atoms with van der Waals surface area (Å²) in [7, 11) is 1.35. The van der Waals surface area contributed by atoms with Gasteiger partial charge in [-0.25, -0.2) is 4.98 Å². The minimum atomic E-state index is -5.17. The molecule has 4 rings (SSSR count). The standard InChI is InChI=1S/C30H33F3N2O6/c1-17-5-7-19(8-6-17)26-27-21(28(3,34)16-41-27)14-25(35-26)29(38,30(31,32)33)12-11-22(37)20-9-10-23(24(13-20)39-4)40-15-18(2)36/h5-10,13-14,18,36,38H,11-12,15-16,34H2,1-4H3/t18-,28+,29-/m0/s1. The van der Waals surface area contributed by atoms with E-state index < -0.39 is 47.7 Å². The Balaban J connectivity index is 1.70. The van der Waals surface area contributed by atoms with Crippen LogP contribution in [-0.2, 0) is 11.1 Å². The van der Waals surface area contributed by atoms with E-state index in [2.05, 4.69) is 4.98 Å². The van der Waals surface area contributed by atoms with Crippen LogP contribution in [0.5, 0.6) is 17.2 Å². The summed E-state index contributed by atoms with van der Waals surface area (Å²) in [4.78, 5) is 17.3. The minimum absolute atomic E-state index is 0.0203. The molecule has 0 saturated heterocycles. The number of hydrogen-bond acceptors (Lipinski definition) is 8. The Labute approximate surface area is 235 Å². The van der Waals surface area contributed by atoms with E-state index in [-0.39, 0.29) is 47.3 Å². The molecule has 1 aliphatic heterocycles. The number of aromatic nitrogens is 1. The van der Waals surface area contributed by atoms with Gasteiger partial charge >= 0.3 is 6.18 Å². The number of halogens is 3. The van der Waals surface area contributed by atoms with E-state index in [0.29, 0.717) is 5.56 Å². The van der Waals surface area contributed by atoms with Crippen molar-refractivity contribution in [3.63, 3.8) is 0 Å². The van der Waals surface area contributed by atoms with E-state index in [0.717, 1.165) is 11.6 Å². The van der Waals surface area contributed by atoms with Crippen molar-refractivity contribution in [1.82, 2.24) is 4.98 Å². The second-order valence-corrected chi connectivity index (χ2v) is 10.6. The molecule has 4 N–H and O–H groups in total. The monoisotopic (exact) mass is 574 g/mol. The molecule has 41 heavy (non-hydrogen) atoms. The summed E-state index contributed by atoms with van der Waals surface area (Å²) in [6, 6.07) is 12.3. The Hall–Kier alpha value is -3.67. The molecule has 1 aliphatic rings. The van der Waals surface area contributed by atoms with E-state index in [1.54, 1.807) is 31.2 Å². The number of benzene rings is 2. The van der Waals surface area contributed by atoms with E-state index in [4.69, 9.17) is 19.9 Å². The summed E-state index contributed by atoms with van der Waals surface area (Å²) in [6.45, 7) is 5.03. The number of carbonyl (C=O) groups excluding carboxylic acids is 1. The van der Waals surface area contributed by atoms with E-state index in [9.17, 15) is 28.2 Å². The van der Waals surface area contributed by atoms with Gasteiger partial charge in [0.2, 0.25) is 5.60 Å². The summed E-state index contributed by atoms with van der Waals surface area (Å²) in [5, 5.41) is 20.7. The van der Waals surface area contributed by atoms with Crippen molar-refractivity contribution in [2.24, 2.45) is 5.73 Å². The number of Topliss-reactive ketones (excluding diaryl/α,β-unsaturated/α-hetero) is 1. The van der Waals surface area contributed by atoms with Gasteiger partial charge in [0.1, 0.15) is 18.9 Å². The number of nitrogens with zero attached hydrogens (tertiary/aromatic N) is 1. The van der Waals surface area contributed by atoms with Gasteiger partial charge in [0.15, 0.2) is 23.0 Å². The van der Waals surface area contributed by atoms with Crippen LogP contribution in [-0.4, -0.2) is 53.6 Å². The van der Waals surface area contributed by atoms with Crippen molar-refractivity contribution in [1.29, 1.82) is 0 Å². The third-order valence-corrected chi connectivity index (χ3v) is 7.00. The number of methoxy groups -OCH3 is 1. The highest BCUT2D eigenvalue weighted by molar-refractivity contribution is 5.96. The molecule has 0 bridgehead atoms. The molecule has 1 aromatic heterocycles. The van der Waals surface area contributed by atoms with Crippen LogP contribution in [0.1, 0.15) is 53.9 Å². The van der Waals surface area contributed by atoms with Crippen LogP contribution in [0.3, 0.4) is 0 Å². The van der Waals surface area contributed by atoms with Crippen molar-refractivity contribution < 1.29 is 42.4 Å². The van der Waals surface area contributed by atoms with Crippen molar-refractivity contribution in [2.45, 2.75) is 57.0 Å². The first-order valence-electron chi connectivity index (χ1n) is 13.0. The van der Waals surface area contributed by atoms with Gasteiger partial charge in [-0.05, 0) is 51.5 Å². The predicted octanol–water partition coefficient (Wildman–Crippen LogP) is 4.80. The molecule has 0 fully saturated rings. The highest BCUT2D eigenvalue weighted by atomic mass is 19.4. The van der Waals surface area contributed by atoms with Gasteiger partial charge in [-0.3, -0.25) is 4.79 Å². The highest BCUT2D eigenvalue weighted by Gasteiger charge is 2.56. The number of rotatable bonds is 10. The number of carbonyl (C=O) groups is 1. The SMILES string of the molecule is COc1cc(C(=O)CC[C@](O)(c2cc3c(c(-c4ccc(C)cc4)n2)OC[C@@]3(C)N)C(F)(F)F)ccc1OC[C@H](C)O. The molecule has 0 amide bonds. The molecule has 3 atom stereocenters. The smallest absolute Gasteiger partial charge is 0.422 e. The molecule has 11 heteroatoms. The zero-order valence-corrected chi connectivity index (χ0v) is 23.2. The normalized spacial score (nSPS) is 18.7. The first-order valence-corrected chi connectivity index (χ1v) is 13.0. The Morgan fingerprint density at radius 2 is 1.85 bits per heavy atom. The average molecular weight is 575 g/mol. The van der Waals surface area contributed by atoms with Crippen LogP contribution < -0.4 is 19.9 Å². The van der Waals surface area contributed by atoms with Crippen LogP contribution >= 0.6 is 0 Å². The number of aliphatic hydroxyl groups excluding tert-OH is 1. The fourth-order valence-corrected chi connectivity index (χ4v) is 4.55. The third kappa shape index (κ3) is 6.17. The maximum atomic E-state index is 14.6. The molecule has 0 radical (unpaired) electrons. The van der Waals surface area contributed by atoms with Gasteiger partial charge < -0.3 is 30.2 Å². The number of aryl methyl sites for hydroxylation is 1. The number of fused-ring (bicyclic) bond motifs is 1. The molecule has 2 aromatic carbocycles. The Morgan fingerprint density at radius 1 is 1.17 bits per heavy atom. The highest BCUT2D eigenvalue weighted by Crippen LogP contribution is 2.48. The lowest BCUT2D eigenvalue weighted by molar-refractivity contribution is -0.270. The van der Waals surface area contributed by atoms with Crippen LogP contribution in [0.15, 0.2) is 48.5 Å². The number of hydrogen-bond donors (Lipinski definition) is 3. The van der Waals surface area contributed by atoms with Gasteiger partial charge in [-0.15, -0.1) is 0 Å². The number of nitrogens with two attached hydrogens (primary N) is 1. The van der Waals surface area contributed by atoms with Gasteiger partial charge in [-0.2, -0.15) is 13.2 Å². The van der Waals surface area contributed by atoms with E-state index in [1.165, 1.54) is 32.2 Å². The summed E-state index contributed by atoms with van der Waals surface area (Å²) in [6.07, 6.45) is -7.55. The lowest BCUT2D eigenvalue weighted by Gasteiger charge is -2.31. The molecular weight excluding hydrogens is 541 g/mol. The van der Waals surface area contributed by atoms with E-state index in [1.807, 2.05) is 6.92 Å². The van der Waals surface area contributed by atoms with Crippen LogP contribution in [0, 0.1) is 6.92 Å². The summed E-state index contributed by atoms with van der Waals surface area (Å²) >= 11 is 0. The van der Waals surface area contributed by atoms with Gasteiger partial charge in [-0.1, -0.05) is 29.8 Å². The van der Waals surface area contributed by atoms with E-state index >= 15 is 0 Å². The van der Waals surface area contributed by atoms with Gasteiger partial charge in [0.05, 0.1) is 24.4 Å². The van der Waals surface area contributed by atoms with Crippen molar-refractivity contribution in [3.8, 4) is 28.5 Å². The summed E-state index contributed by atoms with van der Waals surface area (Å²) in [5.41, 5.74) is 3.01. The van der Waals surface area contributed by atoms with Crippen molar-refractivity contribution in [2.75, 3.05) is 20.3 Å². The van der Waals surface area contributed by atoms with Gasteiger partial charge in [0, 0.05) is 23.1 Å². The topological polar surface area (TPSA) is 124 Å². The minimum Gasteiger partial charge on any atom is -0.493 e. The zero-order valence-electron chi connectivity index (χ0n) is 23.2. The number of pyridine rings is 1. The Morgan fingerprint density at radius 3 is 2.46 bits per heavy atom. The fraction of sp³-hybridized carbons (Fsp3) is 0.400. The third-order valence-electron chi connectivity index (χ3n) is 7.00. The lowest BCUT2D eigenvalue weighted by Crippen LogP contribution is -2.44. The molecule has 8 nitrogen and oxygen atoms in total. The quantitative estimate of drug-likeness (QED) is 0.295. The number of alkyl halides is 3. The first-order chi connectivity index (χ1) is 19.2. The average Bonchev–Trinajstić information content (AvgIpc) is 3.23. The molecule has 2 heterocycles. The van der Waals surface area contributed by atoms with Crippen LogP contribution in [0.2, 0.25) is 0 Å². The molecule has 0 saturated carbocycles. The van der Waals surface area contributed by atoms with Gasteiger partial charge in [0.25, 0.3) is 0 Å². The zero-order chi connectivity index (χ0) is 30.2. The molecule has 220 valence electrons. The van der Waals surface area contributed by atoms with Crippen LogP contribution in [0.4, 0.5) is 13.2 Å². The molecule has 3 aromatic rings. The Kier molecular flexibility index (Phi) is 8.35. The largest absolute Gasteiger partial charge is 0.493 e. The molecular formula is C30H33F3N2O6. The molecule has 0 unspecified atom stereocenters. The predicted molar refractivity (Wildman–Crippen MR) is 145 cm³/mol. The Bertz CT molecular complexity index is 1420. The number of ether oxygens (including phenoxy) is 3. The second kappa shape index (κ2) is 11.3. The summed E-state index contributed by atoms with van der Waals surface area (Å²) in [5.74, 6) is 0.0378. The maximum Gasteiger partial charge on any atom is 0.422 e. The van der Waals surface area contributed by atoms with Crippen molar-refractivity contribution in [3.05, 3.63) is 70.9 Å². The lowest BCUT2D eigenvalue weighted by atomic mass is 9.86. The first kappa shape index (κ1) is 30.3. The number of ketones is 1. The second-order valence-electron chi connectivity index (χ2n) is 10.6. The molecule has 0 spiro atoms. The van der Waals surface area contributed by atoms with Crippen LogP contribution in [0.25, 0.3) is 11.3 Å². The van der Waals surface area contributed by atoms with Crippen molar-refractivity contribution >= 4 is 5.78 Å². The summed E-state index contributed by atoms with van der Waals surface area (Å²) < 4.78 is 60.2. The maximum absolute atomic E-state index is 14.6. The fourth-order valence-electron chi connectivity index (χ4n) is 4.55. The molecule has 0 aliphatic carbocycles.